The molecule has 1 aliphatic heterocycles. The summed E-state index contributed by atoms with van der Waals surface area (Å²) in [6.45, 7) is 2.11. The number of anilines is 1. The van der Waals surface area contributed by atoms with Gasteiger partial charge in [-0.15, -0.1) is 11.3 Å². The maximum absolute atomic E-state index is 12.9. The molecular formula is C22H22F3N3OS. The van der Waals surface area contributed by atoms with E-state index >= 15 is 0 Å². The molecule has 1 aliphatic rings. The molecule has 4 rings (SSSR count). The predicted molar refractivity (Wildman–Crippen MR) is 113 cm³/mol. The third-order valence-corrected chi connectivity index (χ3v) is 6.39. The van der Waals surface area contributed by atoms with Crippen molar-refractivity contribution in [3.8, 4) is 0 Å². The standard InChI is InChI=1S/C22H22F3N3OS/c23-22(24,25)16-5-3-6-17(15-16)27-11-13-28(14-12-27)21(29)10-4-9-20-26-18-7-1-2-8-19(18)30-20/h1-3,5-8,15H,4,9-14H2. The normalized spacial score (nSPS) is 15.0. The Morgan fingerprint density at radius 1 is 1.03 bits per heavy atom. The number of para-hydroxylation sites is 1. The lowest BCUT2D eigenvalue weighted by Gasteiger charge is -2.36. The van der Waals surface area contributed by atoms with Crippen molar-refractivity contribution in [3.63, 3.8) is 0 Å². The van der Waals surface area contributed by atoms with Crippen LogP contribution in [0.5, 0.6) is 0 Å². The van der Waals surface area contributed by atoms with E-state index in [1.54, 1.807) is 17.4 Å². The molecule has 1 amide bonds. The Hall–Kier alpha value is -2.61. The van der Waals surface area contributed by atoms with Gasteiger partial charge in [0.05, 0.1) is 20.8 Å². The SMILES string of the molecule is O=C(CCCc1nc2ccccc2s1)N1CCN(c2cccc(C(F)(F)F)c2)CC1. The maximum atomic E-state index is 12.9. The van der Waals surface area contributed by atoms with Crippen molar-refractivity contribution in [1.29, 1.82) is 0 Å². The van der Waals surface area contributed by atoms with Gasteiger partial charge in [0.15, 0.2) is 0 Å². The monoisotopic (exact) mass is 433 g/mol. The quantitative estimate of drug-likeness (QED) is 0.569. The van der Waals surface area contributed by atoms with Crippen LogP contribution in [0.2, 0.25) is 0 Å². The average Bonchev–Trinajstić information content (AvgIpc) is 3.16. The Kier molecular flexibility index (Phi) is 5.94. The molecule has 0 radical (unpaired) electrons. The fraction of sp³-hybridized carbons (Fsp3) is 0.364. The van der Waals surface area contributed by atoms with Gasteiger partial charge in [-0.2, -0.15) is 13.2 Å². The second-order valence-electron chi connectivity index (χ2n) is 7.34. The number of alkyl halides is 3. The fourth-order valence-electron chi connectivity index (χ4n) is 3.67. The number of thiazole rings is 1. The van der Waals surface area contributed by atoms with Crippen LogP contribution in [0, 0.1) is 0 Å². The van der Waals surface area contributed by atoms with Gasteiger partial charge in [0.2, 0.25) is 5.91 Å². The molecule has 4 nitrogen and oxygen atoms in total. The summed E-state index contributed by atoms with van der Waals surface area (Å²) in [7, 11) is 0. The van der Waals surface area contributed by atoms with Crippen LogP contribution in [0.15, 0.2) is 48.5 Å². The molecule has 1 aromatic heterocycles. The highest BCUT2D eigenvalue weighted by Gasteiger charge is 2.31. The second-order valence-corrected chi connectivity index (χ2v) is 8.46. The van der Waals surface area contributed by atoms with Crippen molar-refractivity contribution in [2.24, 2.45) is 0 Å². The highest BCUT2D eigenvalue weighted by Crippen LogP contribution is 2.32. The number of piperazine rings is 1. The first-order valence-corrected chi connectivity index (χ1v) is 10.8. The molecule has 0 N–H and O–H groups in total. The zero-order valence-electron chi connectivity index (χ0n) is 16.4. The summed E-state index contributed by atoms with van der Waals surface area (Å²) in [5, 5.41) is 1.04. The smallest absolute Gasteiger partial charge is 0.368 e. The van der Waals surface area contributed by atoms with Crippen LogP contribution < -0.4 is 4.90 Å². The van der Waals surface area contributed by atoms with E-state index in [1.165, 1.54) is 12.1 Å². The molecule has 0 saturated carbocycles. The van der Waals surface area contributed by atoms with Gasteiger partial charge >= 0.3 is 6.18 Å². The van der Waals surface area contributed by atoms with Gasteiger partial charge in [-0.3, -0.25) is 4.79 Å². The Morgan fingerprint density at radius 2 is 1.80 bits per heavy atom. The minimum absolute atomic E-state index is 0.0970. The Balaban J connectivity index is 1.26. The van der Waals surface area contributed by atoms with Crippen molar-refractivity contribution >= 4 is 33.1 Å². The number of carbonyl (C=O) groups excluding carboxylic acids is 1. The number of amides is 1. The molecular weight excluding hydrogens is 411 g/mol. The summed E-state index contributed by atoms with van der Waals surface area (Å²) in [4.78, 5) is 20.8. The van der Waals surface area contributed by atoms with E-state index in [9.17, 15) is 18.0 Å². The predicted octanol–water partition coefficient (Wildman–Crippen LogP) is 4.99. The molecule has 0 atom stereocenters. The minimum atomic E-state index is -4.35. The van der Waals surface area contributed by atoms with Crippen LogP contribution in [-0.4, -0.2) is 42.0 Å². The summed E-state index contributed by atoms with van der Waals surface area (Å²) in [5.41, 5.74) is 0.899. The molecule has 8 heteroatoms. The topological polar surface area (TPSA) is 36.4 Å². The largest absolute Gasteiger partial charge is 0.416 e. The maximum Gasteiger partial charge on any atom is 0.416 e. The molecule has 30 heavy (non-hydrogen) atoms. The van der Waals surface area contributed by atoms with Crippen molar-refractivity contribution in [2.75, 3.05) is 31.1 Å². The molecule has 0 bridgehead atoms. The van der Waals surface area contributed by atoms with Crippen molar-refractivity contribution in [2.45, 2.75) is 25.4 Å². The Labute approximate surface area is 176 Å². The zero-order chi connectivity index (χ0) is 21.1. The number of hydrogen-bond acceptors (Lipinski definition) is 4. The number of aromatic nitrogens is 1. The van der Waals surface area contributed by atoms with Crippen molar-refractivity contribution in [3.05, 3.63) is 59.1 Å². The molecule has 3 aromatic rings. The van der Waals surface area contributed by atoms with Crippen molar-refractivity contribution in [1.82, 2.24) is 9.88 Å². The van der Waals surface area contributed by atoms with Gasteiger partial charge in [-0.25, -0.2) is 4.98 Å². The molecule has 2 heterocycles. The Morgan fingerprint density at radius 3 is 2.53 bits per heavy atom. The van der Waals surface area contributed by atoms with Gasteiger partial charge in [0.25, 0.3) is 0 Å². The van der Waals surface area contributed by atoms with E-state index in [1.807, 2.05) is 34.1 Å². The zero-order valence-corrected chi connectivity index (χ0v) is 17.2. The fourth-order valence-corrected chi connectivity index (χ4v) is 4.68. The first kappa shape index (κ1) is 20.7. The first-order chi connectivity index (χ1) is 14.4. The van der Waals surface area contributed by atoms with E-state index in [2.05, 4.69) is 4.98 Å². The van der Waals surface area contributed by atoms with Crippen LogP contribution in [0.3, 0.4) is 0 Å². The summed E-state index contributed by atoms with van der Waals surface area (Å²) in [6.07, 6.45) is -2.38. The van der Waals surface area contributed by atoms with Crippen LogP contribution in [-0.2, 0) is 17.4 Å². The van der Waals surface area contributed by atoms with Crippen molar-refractivity contribution < 1.29 is 18.0 Å². The Bertz CT molecular complexity index is 993. The van der Waals surface area contributed by atoms with Gasteiger partial charge < -0.3 is 9.80 Å². The number of fused-ring (bicyclic) bond motifs is 1. The number of nitrogens with zero attached hydrogens (tertiary/aromatic N) is 3. The third kappa shape index (κ3) is 4.75. The number of hydrogen-bond donors (Lipinski definition) is 0. The van der Waals surface area contributed by atoms with Gasteiger partial charge in [-0.05, 0) is 43.2 Å². The molecule has 0 aliphatic carbocycles. The van der Waals surface area contributed by atoms with E-state index < -0.39 is 11.7 Å². The lowest BCUT2D eigenvalue weighted by atomic mass is 10.1. The van der Waals surface area contributed by atoms with Crippen LogP contribution >= 0.6 is 11.3 Å². The van der Waals surface area contributed by atoms with E-state index in [-0.39, 0.29) is 5.91 Å². The van der Waals surface area contributed by atoms with Crippen LogP contribution in [0.4, 0.5) is 18.9 Å². The molecule has 2 aromatic carbocycles. The summed E-state index contributed by atoms with van der Waals surface area (Å²) < 4.78 is 39.9. The van der Waals surface area contributed by atoms with E-state index in [0.29, 0.717) is 38.3 Å². The number of benzene rings is 2. The summed E-state index contributed by atoms with van der Waals surface area (Å²) >= 11 is 1.66. The molecule has 1 fully saturated rings. The molecule has 0 unspecified atom stereocenters. The van der Waals surface area contributed by atoms with Gasteiger partial charge in [-0.1, -0.05) is 18.2 Å². The molecule has 1 saturated heterocycles. The summed E-state index contributed by atoms with van der Waals surface area (Å²) in [6, 6.07) is 13.4. The number of aryl methyl sites for hydroxylation is 1. The van der Waals surface area contributed by atoms with Gasteiger partial charge in [0.1, 0.15) is 0 Å². The number of rotatable bonds is 5. The first-order valence-electron chi connectivity index (χ1n) is 9.94. The minimum Gasteiger partial charge on any atom is -0.368 e. The molecule has 158 valence electrons. The lowest BCUT2D eigenvalue weighted by Crippen LogP contribution is -2.48. The second kappa shape index (κ2) is 8.63. The number of carbonyl (C=O) groups is 1. The van der Waals surface area contributed by atoms with Gasteiger partial charge in [0, 0.05) is 38.3 Å². The highest BCUT2D eigenvalue weighted by molar-refractivity contribution is 7.18. The highest BCUT2D eigenvalue weighted by atomic mass is 32.1. The van der Waals surface area contributed by atoms with Crippen LogP contribution in [0.25, 0.3) is 10.2 Å². The number of halogens is 3. The molecule has 0 spiro atoms. The lowest BCUT2D eigenvalue weighted by molar-refractivity contribution is -0.137. The summed E-state index contributed by atoms with van der Waals surface area (Å²) in [5.74, 6) is 0.0970. The van der Waals surface area contributed by atoms with E-state index in [0.717, 1.165) is 34.1 Å². The van der Waals surface area contributed by atoms with E-state index in [4.69, 9.17) is 0 Å². The third-order valence-electron chi connectivity index (χ3n) is 5.29. The van der Waals surface area contributed by atoms with Crippen LogP contribution in [0.1, 0.15) is 23.4 Å². The average molecular weight is 433 g/mol.